The average molecular weight is 639 g/mol. The highest BCUT2D eigenvalue weighted by molar-refractivity contribution is 6.19. The maximum absolute atomic E-state index is 6.59. The number of rotatable bonds is 5. The van der Waals surface area contributed by atoms with Crippen LogP contribution in [0.25, 0.3) is 76.6 Å². The second-order valence-electron chi connectivity index (χ2n) is 12.8. The van der Waals surface area contributed by atoms with Gasteiger partial charge in [0.15, 0.2) is 0 Å². The summed E-state index contributed by atoms with van der Waals surface area (Å²) in [5.41, 5.74) is 10.6. The van der Waals surface area contributed by atoms with Gasteiger partial charge in [0.05, 0.1) is 16.6 Å². The number of furan rings is 1. The summed E-state index contributed by atoms with van der Waals surface area (Å²) in [5.74, 6) is 0. The van der Waals surface area contributed by atoms with Gasteiger partial charge in [-0.15, -0.1) is 0 Å². The minimum atomic E-state index is 0.846. The Morgan fingerprint density at radius 1 is 0.440 bits per heavy atom. The average Bonchev–Trinajstić information content (AvgIpc) is 3.59. The van der Waals surface area contributed by atoms with E-state index >= 15 is 0 Å². The number of nitrogens with zero attached hydrogens (tertiary/aromatic N) is 2. The second kappa shape index (κ2) is 11.5. The van der Waals surface area contributed by atoms with Gasteiger partial charge in [-0.05, 0) is 111 Å². The van der Waals surface area contributed by atoms with Crippen molar-refractivity contribution in [2.75, 3.05) is 4.90 Å². The van der Waals surface area contributed by atoms with Gasteiger partial charge in [-0.1, -0.05) is 109 Å². The molecule has 0 unspecified atom stereocenters. The molecule has 3 heteroatoms. The SMILES string of the molecule is c1ccc(-c2ccc(N(c3ccc(-c4cc5ccccc5c5ccccc45)cc3)c3cccc4oc5c6cccnc6ccc5c34)cc2)cc1. The quantitative estimate of drug-likeness (QED) is 0.176. The van der Waals surface area contributed by atoms with Crippen LogP contribution in [-0.2, 0) is 0 Å². The number of pyridine rings is 1. The Kier molecular flexibility index (Phi) is 6.49. The van der Waals surface area contributed by atoms with Crippen LogP contribution in [0, 0.1) is 0 Å². The van der Waals surface area contributed by atoms with Crippen molar-refractivity contribution in [3.05, 3.63) is 182 Å². The fraction of sp³-hybridized carbons (Fsp3) is 0. The summed E-state index contributed by atoms with van der Waals surface area (Å²) in [4.78, 5) is 6.93. The molecular formula is C47H30N2O. The van der Waals surface area contributed by atoms with Gasteiger partial charge < -0.3 is 9.32 Å². The molecule has 3 nitrogen and oxygen atoms in total. The van der Waals surface area contributed by atoms with E-state index in [1.54, 1.807) is 0 Å². The first-order valence-electron chi connectivity index (χ1n) is 17.0. The molecule has 0 spiro atoms. The summed E-state index contributed by atoms with van der Waals surface area (Å²) < 4.78 is 6.59. The van der Waals surface area contributed by atoms with E-state index in [9.17, 15) is 0 Å². The van der Waals surface area contributed by atoms with E-state index in [2.05, 4.69) is 180 Å². The van der Waals surface area contributed by atoms with Gasteiger partial charge in [-0.2, -0.15) is 0 Å². The number of aromatic nitrogens is 1. The van der Waals surface area contributed by atoms with E-state index < -0.39 is 0 Å². The largest absolute Gasteiger partial charge is 0.455 e. The Balaban J connectivity index is 1.16. The first-order valence-corrected chi connectivity index (χ1v) is 17.0. The van der Waals surface area contributed by atoms with Crippen LogP contribution in [0.1, 0.15) is 0 Å². The van der Waals surface area contributed by atoms with Crippen LogP contribution in [0.15, 0.2) is 187 Å². The highest BCUT2D eigenvalue weighted by Gasteiger charge is 2.21. The number of hydrogen-bond acceptors (Lipinski definition) is 3. The fourth-order valence-corrected chi connectivity index (χ4v) is 7.55. The van der Waals surface area contributed by atoms with Gasteiger partial charge in [0.25, 0.3) is 0 Å². The van der Waals surface area contributed by atoms with E-state index in [0.29, 0.717) is 0 Å². The predicted octanol–water partition coefficient (Wildman–Crippen LogP) is 13.2. The molecule has 0 saturated carbocycles. The smallest absolute Gasteiger partial charge is 0.144 e. The minimum absolute atomic E-state index is 0.846. The zero-order chi connectivity index (χ0) is 33.0. The van der Waals surface area contributed by atoms with Crippen LogP contribution in [0.4, 0.5) is 17.1 Å². The van der Waals surface area contributed by atoms with Gasteiger partial charge in [0, 0.05) is 28.3 Å². The molecule has 0 amide bonds. The summed E-state index contributed by atoms with van der Waals surface area (Å²) >= 11 is 0. The lowest BCUT2D eigenvalue weighted by Crippen LogP contribution is -2.10. The third-order valence-corrected chi connectivity index (χ3v) is 9.90. The number of benzene rings is 8. The van der Waals surface area contributed by atoms with Crippen LogP contribution in [0.5, 0.6) is 0 Å². The molecule has 0 bridgehead atoms. The van der Waals surface area contributed by atoms with E-state index in [1.807, 2.05) is 12.3 Å². The lowest BCUT2D eigenvalue weighted by atomic mass is 9.93. The maximum atomic E-state index is 6.59. The minimum Gasteiger partial charge on any atom is -0.455 e. The lowest BCUT2D eigenvalue weighted by molar-refractivity contribution is 0.672. The van der Waals surface area contributed by atoms with E-state index in [4.69, 9.17) is 4.42 Å². The summed E-state index contributed by atoms with van der Waals surface area (Å²) in [6.45, 7) is 0. The maximum Gasteiger partial charge on any atom is 0.144 e. The third-order valence-electron chi connectivity index (χ3n) is 9.90. The number of fused-ring (bicyclic) bond motifs is 8. The highest BCUT2D eigenvalue weighted by Crippen LogP contribution is 2.45. The fourth-order valence-electron chi connectivity index (χ4n) is 7.55. The van der Waals surface area contributed by atoms with Crippen molar-refractivity contribution < 1.29 is 4.42 Å². The summed E-state index contributed by atoms with van der Waals surface area (Å²) in [6, 6.07) is 62.7. The van der Waals surface area contributed by atoms with Crippen molar-refractivity contribution in [3.63, 3.8) is 0 Å². The van der Waals surface area contributed by atoms with Crippen molar-refractivity contribution in [2.24, 2.45) is 0 Å². The van der Waals surface area contributed by atoms with Gasteiger partial charge in [-0.3, -0.25) is 4.98 Å². The highest BCUT2D eigenvalue weighted by atomic mass is 16.3. The van der Waals surface area contributed by atoms with Crippen LogP contribution in [0.2, 0.25) is 0 Å². The van der Waals surface area contributed by atoms with Gasteiger partial charge in [0.2, 0.25) is 0 Å². The van der Waals surface area contributed by atoms with Gasteiger partial charge >= 0.3 is 0 Å². The standard InChI is InChI=1S/C47H30N2O/c1-2-10-31(11-3-1)32-19-23-35(24-20-32)49(44-17-8-18-45-46(44)41-27-28-43-40(47(41)50-45)16-9-29-48-43)36-25-21-33(22-26-36)42-30-34-12-4-5-13-37(34)38-14-6-7-15-39(38)42/h1-30H. The van der Waals surface area contributed by atoms with Crippen LogP contribution < -0.4 is 4.90 Å². The van der Waals surface area contributed by atoms with Crippen LogP contribution >= 0.6 is 0 Å². The molecule has 0 aliphatic rings. The lowest BCUT2D eigenvalue weighted by Gasteiger charge is -2.27. The van der Waals surface area contributed by atoms with Crippen molar-refractivity contribution in [2.45, 2.75) is 0 Å². The Labute approximate surface area is 289 Å². The second-order valence-corrected chi connectivity index (χ2v) is 12.8. The molecule has 0 aliphatic heterocycles. The van der Waals surface area contributed by atoms with Gasteiger partial charge in [0.1, 0.15) is 11.2 Å². The molecule has 0 aliphatic carbocycles. The Morgan fingerprint density at radius 2 is 1.10 bits per heavy atom. The number of hydrogen-bond donors (Lipinski definition) is 0. The molecule has 50 heavy (non-hydrogen) atoms. The Hall–Kier alpha value is -6.71. The normalized spacial score (nSPS) is 11.6. The zero-order valence-electron chi connectivity index (χ0n) is 27.1. The van der Waals surface area contributed by atoms with E-state index in [1.165, 1.54) is 43.8 Å². The van der Waals surface area contributed by atoms with Gasteiger partial charge in [-0.25, -0.2) is 0 Å². The molecule has 0 atom stereocenters. The van der Waals surface area contributed by atoms with E-state index in [0.717, 1.165) is 49.9 Å². The van der Waals surface area contributed by atoms with Crippen molar-refractivity contribution in [3.8, 4) is 22.3 Å². The molecule has 10 rings (SSSR count). The Morgan fingerprint density at radius 3 is 1.90 bits per heavy atom. The van der Waals surface area contributed by atoms with Crippen molar-refractivity contribution in [1.82, 2.24) is 4.98 Å². The van der Waals surface area contributed by atoms with Crippen molar-refractivity contribution >= 4 is 71.4 Å². The van der Waals surface area contributed by atoms with Crippen LogP contribution in [-0.4, -0.2) is 4.98 Å². The predicted molar refractivity (Wildman–Crippen MR) is 210 cm³/mol. The van der Waals surface area contributed by atoms with Crippen LogP contribution in [0.3, 0.4) is 0 Å². The molecule has 2 aromatic heterocycles. The molecule has 8 aromatic carbocycles. The topological polar surface area (TPSA) is 29.3 Å². The molecule has 0 radical (unpaired) electrons. The molecule has 234 valence electrons. The molecule has 2 heterocycles. The zero-order valence-corrected chi connectivity index (χ0v) is 27.1. The number of anilines is 3. The van der Waals surface area contributed by atoms with E-state index in [-0.39, 0.29) is 0 Å². The summed E-state index contributed by atoms with van der Waals surface area (Å²) in [7, 11) is 0. The molecular weight excluding hydrogens is 609 g/mol. The first kappa shape index (κ1) is 28.3. The monoisotopic (exact) mass is 638 g/mol. The molecule has 10 aromatic rings. The first-order chi connectivity index (χ1) is 24.8. The molecule has 0 N–H and O–H groups in total. The third kappa shape index (κ3) is 4.56. The molecule has 0 fully saturated rings. The summed E-state index contributed by atoms with van der Waals surface area (Å²) in [5, 5.41) is 8.20. The summed E-state index contributed by atoms with van der Waals surface area (Å²) in [6.07, 6.45) is 1.83. The van der Waals surface area contributed by atoms with Crippen molar-refractivity contribution in [1.29, 1.82) is 0 Å². The Bertz CT molecular complexity index is 2850. The molecule has 0 saturated heterocycles.